The van der Waals surface area contributed by atoms with Gasteiger partial charge in [0, 0.05) is 23.1 Å². The molecule has 1 unspecified atom stereocenters. The van der Waals surface area contributed by atoms with Crippen molar-refractivity contribution < 1.29 is 18.3 Å². The highest BCUT2D eigenvalue weighted by Gasteiger charge is 2.55. The van der Waals surface area contributed by atoms with Crippen molar-refractivity contribution in [2.24, 2.45) is 11.7 Å². The predicted octanol–water partition coefficient (Wildman–Crippen LogP) is 2.99. The first-order valence-electron chi connectivity index (χ1n) is 6.07. The van der Waals surface area contributed by atoms with E-state index in [4.69, 9.17) is 17.3 Å². The summed E-state index contributed by atoms with van der Waals surface area (Å²) in [4.78, 5) is 0. The lowest BCUT2D eigenvalue weighted by Gasteiger charge is -2.28. The monoisotopic (exact) mass is 303 g/mol. The summed E-state index contributed by atoms with van der Waals surface area (Å²) in [7, 11) is 0. The van der Waals surface area contributed by atoms with Gasteiger partial charge in [0.05, 0.1) is 0 Å². The Morgan fingerprint density at radius 3 is 2.50 bits per heavy atom. The van der Waals surface area contributed by atoms with Crippen LogP contribution in [0.1, 0.15) is 19.3 Å². The van der Waals surface area contributed by atoms with E-state index in [9.17, 15) is 18.3 Å². The van der Waals surface area contributed by atoms with Crippen molar-refractivity contribution >= 4 is 11.6 Å². The molecule has 1 fully saturated rings. The Labute approximate surface area is 119 Å². The van der Waals surface area contributed by atoms with Crippen LogP contribution >= 0.6 is 11.6 Å². The smallest absolute Gasteiger partial charge is 0.402 e. The number of hydrogen-bond donors (Lipinski definition) is 2. The molecule has 0 aromatic heterocycles. The van der Waals surface area contributed by atoms with E-state index in [2.05, 4.69) is 5.92 Å². The molecule has 108 valence electrons. The van der Waals surface area contributed by atoms with Gasteiger partial charge >= 0.3 is 6.18 Å². The van der Waals surface area contributed by atoms with Crippen molar-refractivity contribution in [2.75, 3.05) is 0 Å². The Bertz CT molecular complexity index is 561. The molecule has 2 nitrogen and oxygen atoms in total. The standard InChI is InChI=1S/C14H13ClF3NO/c15-11-3-4-12(19)8-10(7-11)13(20,14(16,17)18)6-5-9-1-2-9/h3-4,7,9,20H,1-2,8,19H2. The van der Waals surface area contributed by atoms with Crippen LogP contribution in [-0.2, 0) is 0 Å². The zero-order valence-corrected chi connectivity index (χ0v) is 11.2. The second kappa shape index (κ2) is 5.19. The van der Waals surface area contributed by atoms with Crippen LogP contribution in [0.2, 0.25) is 0 Å². The molecule has 0 bridgehead atoms. The van der Waals surface area contributed by atoms with Crippen molar-refractivity contribution in [3.63, 3.8) is 0 Å². The first-order chi connectivity index (χ1) is 9.22. The Morgan fingerprint density at radius 1 is 1.30 bits per heavy atom. The zero-order chi connectivity index (χ0) is 15.0. The lowest BCUT2D eigenvalue weighted by atomic mass is 9.89. The largest absolute Gasteiger partial charge is 0.432 e. The molecular formula is C14H13ClF3NO. The predicted molar refractivity (Wildman–Crippen MR) is 70.4 cm³/mol. The minimum Gasteiger partial charge on any atom is -0.402 e. The third-order valence-electron chi connectivity index (χ3n) is 3.07. The first kappa shape index (κ1) is 15.0. The lowest BCUT2D eigenvalue weighted by molar-refractivity contribution is -0.221. The van der Waals surface area contributed by atoms with Crippen LogP contribution in [0.4, 0.5) is 13.2 Å². The molecular weight excluding hydrogens is 291 g/mol. The number of allylic oxidation sites excluding steroid dienone is 5. The van der Waals surface area contributed by atoms with Crippen LogP contribution in [0.5, 0.6) is 0 Å². The maximum Gasteiger partial charge on any atom is 0.432 e. The van der Waals surface area contributed by atoms with Crippen molar-refractivity contribution in [3.8, 4) is 11.8 Å². The Morgan fingerprint density at radius 2 is 1.95 bits per heavy atom. The van der Waals surface area contributed by atoms with E-state index in [0.717, 1.165) is 18.9 Å². The Kier molecular flexibility index (Phi) is 3.90. The third-order valence-corrected chi connectivity index (χ3v) is 3.31. The summed E-state index contributed by atoms with van der Waals surface area (Å²) in [6.45, 7) is 0. The molecule has 2 aliphatic rings. The summed E-state index contributed by atoms with van der Waals surface area (Å²) < 4.78 is 39.7. The van der Waals surface area contributed by atoms with Gasteiger partial charge in [-0.3, -0.25) is 0 Å². The summed E-state index contributed by atoms with van der Waals surface area (Å²) >= 11 is 5.77. The van der Waals surface area contributed by atoms with Gasteiger partial charge in [0.15, 0.2) is 0 Å². The molecule has 3 N–H and O–H groups in total. The Balaban J connectivity index is 2.44. The molecule has 0 aliphatic heterocycles. The molecule has 0 aromatic rings. The fraction of sp³-hybridized carbons (Fsp3) is 0.429. The van der Waals surface area contributed by atoms with E-state index in [1.165, 1.54) is 12.2 Å². The van der Waals surface area contributed by atoms with Gasteiger partial charge in [0.25, 0.3) is 0 Å². The molecule has 0 amide bonds. The van der Waals surface area contributed by atoms with Crippen LogP contribution in [-0.4, -0.2) is 16.9 Å². The molecule has 20 heavy (non-hydrogen) atoms. The van der Waals surface area contributed by atoms with E-state index in [0.29, 0.717) is 0 Å². The topological polar surface area (TPSA) is 46.2 Å². The number of aliphatic hydroxyl groups is 1. The second-order valence-corrected chi connectivity index (χ2v) is 5.33. The second-order valence-electron chi connectivity index (χ2n) is 4.89. The van der Waals surface area contributed by atoms with Crippen LogP contribution in [0.15, 0.2) is 34.5 Å². The van der Waals surface area contributed by atoms with Gasteiger partial charge in [0.1, 0.15) is 0 Å². The van der Waals surface area contributed by atoms with Crippen LogP contribution in [0.3, 0.4) is 0 Å². The molecule has 0 saturated heterocycles. The summed E-state index contributed by atoms with van der Waals surface area (Å²) in [6.07, 6.45) is 0.259. The van der Waals surface area contributed by atoms with Gasteiger partial charge in [0.2, 0.25) is 5.60 Å². The van der Waals surface area contributed by atoms with E-state index in [-0.39, 0.29) is 28.6 Å². The SMILES string of the molecule is NC1=CC=C(Cl)C=C(C(O)(C#CC2CC2)C(F)(F)F)C1. The fourth-order valence-electron chi connectivity index (χ4n) is 1.73. The van der Waals surface area contributed by atoms with Crippen molar-refractivity contribution in [2.45, 2.75) is 31.0 Å². The number of halogens is 4. The average molecular weight is 304 g/mol. The molecule has 0 radical (unpaired) electrons. The summed E-state index contributed by atoms with van der Waals surface area (Å²) in [5, 5.41) is 10.1. The number of nitrogens with two attached hydrogens (primary N) is 1. The molecule has 2 aliphatic carbocycles. The molecule has 6 heteroatoms. The van der Waals surface area contributed by atoms with Gasteiger partial charge in [-0.1, -0.05) is 23.4 Å². The van der Waals surface area contributed by atoms with E-state index < -0.39 is 11.8 Å². The van der Waals surface area contributed by atoms with Gasteiger partial charge in [-0.15, -0.1) is 0 Å². The van der Waals surface area contributed by atoms with Gasteiger partial charge in [-0.2, -0.15) is 13.2 Å². The Hall–Kier alpha value is -1.38. The maximum atomic E-state index is 13.2. The van der Waals surface area contributed by atoms with Crippen LogP contribution < -0.4 is 5.73 Å². The highest BCUT2D eigenvalue weighted by molar-refractivity contribution is 6.31. The van der Waals surface area contributed by atoms with Crippen molar-refractivity contribution in [1.29, 1.82) is 0 Å². The molecule has 1 saturated carbocycles. The first-order valence-corrected chi connectivity index (χ1v) is 6.45. The van der Waals surface area contributed by atoms with E-state index in [1.54, 1.807) is 0 Å². The lowest BCUT2D eigenvalue weighted by Crippen LogP contribution is -2.46. The van der Waals surface area contributed by atoms with Crippen LogP contribution in [0.25, 0.3) is 0 Å². The highest BCUT2D eigenvalue weighted by Crippen LogP contribution is 2.40. The molecule has 0 aromatic carbocycles. The number of hydrogen-bond acceptors (Lipinski definition) is 2. The normalized spacial score (nSPS) is 22.6. The fourth-order valence-corrected chi connectivity index (χ4v) is 1.93. The van der Waals surface area contributed by atoms with Gasteiger partial charge < -0.3 is 10.8 Å². The highest BCUT2D eigenvalue weighted by atomic mass is 35.5. The minimum absolute atomic E-state index is 0.0610. The summed E-state index contributed by atoms with van der Waals surface area (Å²) in [5.74, 6) is 4.39. The minimum atomic E-state index is -4.91. The van der Waals surface area contributed by atoms with E-state index in [1.807, 2.05) is 5.92 Å². The van der Waals surface area contributed by atoms with E-state index >= 15 is 0 Å². The average Bonchev–Trinajstić information content (AvgIpc) is 3.14. The molecule has 2 rings (SSSR count). The quantitative estimate of drug-likeness (QED) is 0.732. The van der Waals surface area contributed by atoms with Gasteiger partial charge in [-0.05, 0) is 36.6 Å². The van der Waals surface area contributed by atoms with Gasteiger partial charge in [-0.25, -0.2) is 0 Å². The van der Waals surface area contributed by atoms with Crippen LogP contribution in [0, 0.1) is 17.8 Å². The number of rotatable bonds is 1. The third kappa shape index (κ3) is 3.20. The summed E-state index contributed by atoms with van der Waals surface area (Å²) in [5.41, 5.74) is 2.20. The zero-order valence-electron chi connectivity index (χ0n) is 10.5. The van der Waals surface area contributed by atoms with Crippen molar-refractivity contribution in [3.05, 3.63) is 34.5 Å². The molecule has 0 heterocycles. The molecule has 1 atom stereocenters. The summed E-state index contributed by atoms with van der Waals surface area (Å²) in [6, 6.07) is 0. The van der Waals surface area contributed by atoms with Crippen molar-refractivity contribution in [1.82, 2.24) is 0 Å². The molecule has 0 spiro atoms. The number of alkyl halides is 3. The maximum absolute atomic E-state index is 13.2.